The summed E-state index contributed by atoms with van der Waals surface area (Å²) in [5, 5.41) is 6.61. The Morgan fingerprint density at radius 2 is 0.585 bits per heavy atom. The van der Waals surface area contributed by atoms with Crippen LogP contribution in [0.25, 0.3) is 82.5 Å². The summed E-state index contributed by atoms with van der Waals surface area (Å²) >= 11 is 0. The van der Waals surface area contributed by atoms with Gasteiger partial charge in [-0.25, -0.2) is 0 Å². The maximum atomic E-state index is 14.7. The van der Waals surface area contributed by atoms with Gasteiger partial charge in [-0.3, -0.25) is 0 Å². The van der Waals surface area contributed by atoms with E-state index in [0.29, 0.717) is 5.69 Å². The van der Waals surface area contributed by atoms with Crippen molar-refractivity contribution in [1.29, 1.82) is 0 Å². The second kappa shape index (κ2) is 19.2. The number of halogens is 6. The zero-order valence-electron chi connectivity index (χ0n) is 46.4. The smallest absolute Gasteiger partial charge is 0.309 e. The minimum absolute atomic E-state index is 0.0499. The van der Waals surface area contributed by atoms with Crippen molar-refractivity contribution in [2.45, 2.75) is 83.0 Å². The number of rotatable bonds is 11. The van der Waals surface area contributed by atoms with Crippen LogP contribution < -0.4 is 0 Å². The summed E-state index contributed by atoms with van der Waals surface area (Å²) in [6.45, 7) is 13.2. The van der Waals surface area contributed by atoms with E-state index in [4.69, 9.17) is 0 Å². The van der Waals surface area contributed by atoms with E-state index in [-0.39, 0.29) is 11.1 Å². The molecular weight excluding hydrogens is 1030 g/mol. The number of hydrogen-bond donors (Lipinski definition) is 0. The number of para-hydroxylation sites is 2. The molecular formula is C73H59F6N3. The average Bonchev–Trinajstić information content (AvgIpc) is 4.29. The van der Waals surface area contributed by atoms with Crippen molar-refractivity contribution < 1.29 is 26.3 Å². The van der Waals surface area contributed by atoms with E-state index in [0.717, 1.165) is 88.3 Å². The van der Waals surface area contributed by atoms with E-state index in [1.165, 1.54) is 58.3 Å². The molecule has 9 heteroatoms. The van der Waals surface area contributed by atoms with E-state index in [9.17, 15) is 26.3 Å². The predicted molar refractivity (Wildman–Crippen MR) is 325 cm³/mol. The summed E-state index contributed by atoms with van der Waals surface area (Å²) in [7, 11) is 0. The molecule has 0 aliphatic heterocycles. The molecule has 0 spiro atoms. The molecule has 0 fully saturated rings. The minimum atomic E-state index is -4.90. The lowest BCUT2D eigenvalue weighted by molar-refractivity contribution is -0.174. The van der Waals surface area contributed by atoms with Crippen LogP contribution in [0.5, 0.6) is 0 Å². The molecule has 82 heavy (non-hydrogen) atoms. The van der Waals surface area contributed by atoms with Crippen molar-refractivity contribution >= 4 is 65.4 Å². The second-order valence-electron chi connectivity index (χ2n) is 23.5. The molecule has 0 saturated heterocycles. The quantitative estimate of drug-likeness (QED) is 0.115. The van der Waals surface area contributed by atoms with Gasteiger partial charge in [0.15, 0.2) is 0 Å². The van der Waals surface area contributed by atoms with Gasteiger partial charge in [-0.2, -0.15) is 26.3 Å². The summed E-state index contributed by atoms with van der Waals surface area (Å²) in [6.07, 6.45) is -13.2. The zero-order chi connectivity index (χ0) is 57.1. The molecule has 13 aromatic rings. The van der Waals surface area contributed by atoms with Crippen LogP contribution in [0.3, 0.4) is 0 Å². The molecule has 10 aromatic carbocycles. The Kier molecular flexibility index (Phi) is 12.3. The molecule has 0 aliphatic carbocycles. The molecule has 408 valence electrons. The van der Waals surface area contributed by atoms with Crippen molar-refractivity contribution in [2.24, 2.45) is 0 Å². The van der Waals surface area contributed by atoms with Crippen molar-refractivity contribution in [3.8, 4) is 17.1 Å². The van der Waals surface area contributed by atoms with E-state index in [1.807, 2.05) is 12.1 Å². The Balaban J connectivity index is 0.996. The molecule has 0 unspecified atom stereocenters. The number of benzene rings is 10. The Morgan fingerprint density at radius 1 is 0.280 bits per heavy atom. The third-order valence-corrected chi connectivity index (χ3v) is 17.5. The van der Waals surface area contributed by atoms with Gasteiger partial charge in [0, 0.05) is 65.6 Å². The molecule has 3 heterocycles. The summed E-state index contributed by atoms with van der Waals surface area (Å²) in [4.78, 5) is 0. The fraction of sp³-hybridized carbons (Fsp3) is 0.178. The number of fused-ring (bicyclic) bond motifs is 9. The first-order chi connectivity index (χ1) is 39.2. The van der Waals surface area contributed by atoms with E-state index < -0.39 is 41.4 Å². The number of aryl methyl sites for hydroxylation is 2. The summed E-state index contributed by atoms with van der Waals surface area (Å²) in [5.74, 6) is 0. The van der Waals surface area contributed by atoms with Gasteiger partial charge in [0.25, 0.3) is 0 Å². The van der Waals surface area contributed by atoms with Gasteiger partial charge in [-0.05, 0) is 144 Å². The van der Waals surface area contributed by atoms with Crippen molar-refractivity contribution in [3.05, 3.63) is 269 Å². The van der Waals surface area contributed by atoms with E-state index in [2.05, 4.69) is 213 Å². The van der Waals surface area contributed by atoms with Gasteiger partial charge in [0.05, 0.1) is 45.9 Å². The lowest BCUT2D eigenvalue weighted by Crippen LogP contribution is -2.38. The minimum Gasteiger partial charge on any atom is -0.309 e. The van der Waals surface area contributed by atoms with Crippen LogP contribution in [0, 0.1) is 13.8 Å². The summed E-state index contributed by atoms with van der Waals surface area (Å²) in [5.41, 5.74) is 12.1. The largest absolute Gasteiger partial charge is 0.390 e. The number of alkyl halides is 6. The molecule has 0 bridgehead atoms. The highest BCUT2D eigenvalue weighted by Gasteiger charge is 2.51. The molecule has 13 rings (SSSR count). The maximum absolute atomic E-state index is 14.7. The van der Waals surface area contributed by atoms with Crippen LogP contribution in [0.4, 0.5) is 26.3 Å². The molecule has 3 aromatic heterocycles. The lowest BCUT2D eigenvalue weighted by atomic mass is 9.69. The molecule has 0 N–H and O–H groups in total. The molecule has 0 aliphatic rings. The highest BCUT2D eigenvalue weighted by molar-refractivity contribution is 6.12. The first kappa shape index (κ1) is 52.5. The van der Waals surface area contributed by atoms with Gasteiger partial charge in [0.2, 0.25) is 0 Å². The van der Waals surface area contributed by atoms with Gasteiger partial charge >= 0.3 is 12.4 Å². The Morgan fingerprint density at radius 3 is 0.988 bits per heavy atom. The first-order valence-corrected chi connectivity index (χ1v) is 27.8. The number of nitrogens with zero attached hydrogens (tertiary/aromatic N) is 3. The Bertz CT molecular complexity index is 4350. The fourth-order valence-corrected chi connectivity index (χ4v) is 13.2. The van der Waals surface area contributed by atoms with Crippen LogP contribution in [-0.4, -0.2) is 26.1 Å². The molecule has 0 radical (unpaired) electrons. The van der Waals surface area contributed by atoms with Crippen molar-refractivity contribution in [2.75, 3.05) is 0 Å². The highest BCUT2D eigenvalue weighted by Crippen LogP contribution is 2.50. The van der Waals surface area contributed by atoms with E-state index in [1.54, 1.807) is 18.2 Å². The molecule has 3 nitrogen and oxygen atoms in total. The normalized spacial score (nSPS) is 13.0. The molecule has 0 saturated carbocycles. The van der Waals surface area contributed by atoms with Crippen molar-refractivity contribution in [1.82, 2.24) is 13.7 Å². The maximum Gasteiger partial charge on any atom is 0.390 e. The van der Waals surface area contributed by atoms with Crippen LogP contribution in [0.2, 0.25) is 0 Å². The number of hydrogen-bond acceptors (Lipinski definition) is 0. The van der Waals surface area contributed by atoms with Gasteiger partial charge < -0.3 is 13.7 Å². The lowest BCUT2D eigenvalue weighted by Gasteiger charge is -2.36. The van der Waals surface area contributed by atoms with Crippen LogP contribution in [0.15, 0.2) is 224 Å². The van der Waals surface area contributed by atoms with E-state index >= 15 is 0 Å². The van der Waals surface area contributed by atoms with Crippen LogP contribution >= 0.6 is 0 Å². The van der Waals surface area contributed by atoms with Gasteiger partial charge in [0.1, 0.15) is 0 Å². The second-order valence-corrected chi connectivity index (χ2v) is 23.5. The average molecular weight is 1090 g/mol. The Hall–Kier alpha value is -8.82. The van der Waals surface area contributed by atoms with Gasteiger partial charge in [-0.15, -0.1) is 0 Å². The molecule has 0 atom stereocenters. The first-order valence-electron chi connectivity index (χ1n) is 27.8. The highest BCUT2D eigenvalue weighted by atomic mass is 19.4. The third-order valence-electron chi connectivity index (χ3n) is 17.5. The summed E-state index contributed by atoms with van der Waals surface area (Å²) in [6, 6.07) is 74.2. The topological polar surface area (TPSA) is 14.8 Å². The third kappa shape index (κ3) is 8.84. The molecule has 0 amide bonds. The summed E-state index contributed by atoms with van der Waals surface area (Å²) < 4.78 is 94.7. The van der Waals surface area contributed by atoms with Crippen LogP contribution in [0.1, 0.15) is 85.0 Å². The predicted octanol–water partition coefficient (Wildman–Crippen LogP) is 20.4. The van der Waals surface area contributed by atoms with Crippen molar-refractivity contribution in [3.63, 3.8) is 0 Å². The number of aromatic nitrogens is 3. The van der Waals surface area contributed by atoms with Gasteiger partial charge in [-0.1, -0.05) is 166 Å². The standard InChI is InChI=1S/C73H59F6N3/c1-46-22-34-63-59(38-46)57-32-26-52(42-67(57)81(63)54-18-12-8-13-19-54)69(3,4)50-28-36-65-61(40-50)62-41-51(70(5,6)53-27-33-58-60-39-47(2)23-35-64(60)82(68(58)43-53)55-20-14-9-15-21-55)29-37-66(62)80(65)56-30-24-49(25-31-56)71(44-72(74,75)76,45-73(77,78)79)48-16-10-7-11-17-48/h7-43H,44-45H2,1-6H3. The monoisotopic (exact) mass is 1090 g/mol. The zero-order valence-corrected chi connectivity index (χ0v) is 46.4. The Labute approximate surface area is 472 Å². The SMILES string of the molecule is Cc1ccc2c(c1)c1ccc(C(C)(C)c3ccc4c(c3)c3cc(C(C)(C)c5ccc6c7cc(C)ccc7n(-c7ccccc7)c6c5)ccc3n4-c3ccc(C(CC(F)(F)F)(CC(F)(F)F)c4ccccc4)cc3)cc1n2-c1ccccc1. The van der Waals surface area contributed by atoms with Crippen LogP contribution in [-0.2, 0) is 16.2 Å². The fourth-order valence-electron chi connectivity index (χ4n) is 13.2.